The minimum atomic E-state index is -0.564. The SMILES string of the molecule is CSN1NC(C)(C)NC(C)[C@@H]2COc3ccccc3-c3c(C4CCCCC4)c4ccc(cc4n3C2)N(Cc2ccccc2)C1=O. The summed E-state index contributed by atoms with van der Waals surface area (Å²) < 4.78 is 10.9. The second-order valence-corrected chi connectivity index (χ2v) is 14.2. The Labute approximate surface area is 271 Å². The van der Waals surface area contributed by atoms with E-state index in [-0.39, 0.29) is 18.0 Å². The molecule has 7 rings (SSSR count). The zero-order chi connectivity index (χ0) is 31.1. The van der Waals surface area contributed by atoms with Crippen molar-refractivity contribution in [1.82, 2.24) is 19.7 Å². The van der Waals surface area contributed by atoms with E-state index < -0.39 is 5.66 Å². The van der Waals surface area contributed by atoms with Gasteiger partial charge < -0.3 is 9.30 Å². The maximum absolute atomic E-state index is 14.5. The van der Waals surface area contributed by atoms with Crippen molar-refractivity contribution in [1.29, 1.82) is 0 Å². The van der Waals surface area contributed by atoms with Gasteiger partial charge in [0, 0.05) is 41.4 Å². The van der Waals surface area contributed by atoms with Gasteiger partial charge in [-0.25, -0.2) is 10.2 Å². The largest absolute Gasteiger partial charge is 0.492 e. The zero-order valence-corrected chi connectivity index (χ0v) is 27.7. The Hall–Kier alpha value is -3.46. The summed E-state index contributed by atoms with van der Waals surface area (Å²) in [6.45, 7) is 8.33. The van der Waals surface area contributed by atoms with Gasteiger partial charge >= 0.3 is 6.03 Å². The first-order chi connectivity index (χ1) is 21.8. The molecule has 1 fully saturated rings. The second-order valence-electron chi connectivity index (χ2n) is 13.5. The number of nitrogens with one attached hydrogen (secondary N) is 2. The summed E-state index contributed by atoms with van der Waals surface area (Å²) >= 11 is 1.39. The van der Waals surface area contributed by atoms with E-state index in [2.05, 4.69) is 90.7 Å². The molecule has 2 amide bonds. The van der Waals surface area contributed by atoms with E-state index in [1.54, 1.807) is 4.41 Å². The van der Waals surface area contributed by atoms with Crippen molar-refractivity contribution < 1.29 is 9.53 Å². The van der Waals surface area contributed by atoms with Crippen molar-refractivity contribution in [3.8, 4) is 17.0 Å². The van der Waals surface area contributed by atoms with Gasteiger partial charge in [-0.1, -0.05) is 67.8 Å². The van der Waals surface area contributed by atoms with Crippen molar-refractivity contribution in [2.75, 3.05) is 17.8 Å². The summed E-state index contributed by atoms with van der Waals surface area (Å²) in [4.78, 5) is 16.4. The molecule has 0 saturated heterocycles. The minimum absolute atomic E-state index is 0.101. The summed E-state index contributed by atoms with van der Waals surface area (Å²) in [7, 11) is 0. The molecule has 2 N–H and O–H groups in total. The van der Waals surface area contributed by atoms with Crippen molar-refractivity contribution in [2.24, 2.45) is 5.92 Å². The summed E-state index contributed by atoms with van der Waals surface area (Å²) in [6.07, 6.45) is 8.20. The molecule has 1 aliphatic carbocycles. The average Bonchev–Trinajstić information content (AvgIpc) is 3.35. The molecular formula is C37H45N5O2S. The lowest BCUT2D eigenvalue weighted by Gasteiger charge is -2.39. The van der Waals surface area contributed by atoms with Crippen LogP contribution in [-0.4, -0.2) is 39.6 Å². The number of ether oxygens (including phenoxy) is 1. The van der Waals surface area contributed by atoms with Crippen LogP contribution in [0.2, 0.25) is 0 Å². The number of hydrogen-bond donors (Lipinski definition) is 2. The number of carbonyl (C=O) groups is 1. The number of fused-ring (bicyclic) bond motifs is 4. The number of urea groups is 1. The topological polar surface area (TPSA) is 61.8 Å². The van der Waals surface area contributed by atoms with Gasteiger partial charge in [-0.2, -0.15) is 4.41 Å². The van der Waals surface area contributed by atoms with E-state index in [0.29, 0.717) is 19.1 Å². The van der Waals surface area contributed by atoms with Crippen LogP contribution in [0.3, 0.4) is 0 Å². The van der Waals surface area contributed by atoms with Gasteiger partial charge in [-0.15, -0.1) is 0 Å². The molecule has 4 aromatic rings. The van der Waals surface area contributed by atoms with E-state index in [1.807, 2.05) is 29.4 Å². The predicted molar refractivity (Wildman–Crippen MR) is 185 cm³/mol. The molecule has 8 heteroatoms. The highest BCUT2D eigenvalue weighted by atomic mass is 32.2. The Balaban J connectivity index is 1.49. The first-order valence-electron chi connectivity index (χ1n) is 16.5. The van der Waals surface area contributed by atoms with Gasteiger partial charge in [0.2, 0.25) is 0 Å². The van der Waals surface area contributed by atoms with Crippen LogP contribution >= 0.6 is 11.9 Å². The zero-order valence-electron chi connectivity index (χ0n) is 26.9. The number of rotatable bonds is 4. The lowest BCUT2D eigenvalue weighted by molar-refractivity contribution is 0.137. The van der Waals surface area contributed by atoms with E-state index >= 15 is 0 Å². The maximum atomic E-state index is 14.5. The summed E-state index contributed by atoms with van der Waals surface area (Å²) in [5.74, 6) is 1.64. The second kappa shape index (κ2) is 12.4. The molecule has 0 radical (unpaired) electrons. The Morgan fingerprint density at radius 1 is 0.978 bits per heavy atom. The van der Waals surface area contributed by atoms with Crippen molar-refractivity contribution in [2.45, 2.75) is 83.6 Å². The Kier molecular flexibility index (Phi) is 8.31. The van der Waals surface area contributed by atoms with Crippen molar-refractivity contribution >= 4 is 34.6 Å². The third-order valence-electron chi connectivity index (χ3n) is 9.87. The fourth-order valence-electron chi connectivity index (χ4n) is 7.68. The van der Waals surface area contributed by atoms with Gasteiger partial charge in [0.1, 0.15) is 5.75 Å². The van der Waals surface area contributed by atoms with Gasteiger partial charge in [0.05, 0.1) is 30.0 Å². The molecule has 4 bridgehead atoms. The van der Waals surface area contributed by atoms with Crippen LogP contribution in [0.25, 0.3) is 22.2 Å². The molecule has 0 spiro atoms. The van der Waals surface area contributed by atoms with Crippen molar-refractivity contribution in [3.05, 3.63) is 83.9 Å². The van der Waals surface area contributed by atoms with E-state index in [0.717, 1.165) is 23.5 Å². The monoisotopic (exact) mass is 623 g/mol. The van der Waals surface area contributed by atoms with E-state index in [1.165, 1.54) is 71.8 Å². The Morgan fingerprint density at radius 2 is 1.73 bits per heavy atom. The normalized spacial score (nSPS) is 22.3. The highest BCUT2D eigenvalue weighted by Gasteiger charge is 2.36. The number of hydrogen-bond acceptors (Lipinski definition) is 5. The fraction of sp³-hybridized carbons (Fsp3) is 0.432. The first kappa shape index (κ1) is 30.2. The van der Waals surface area contributed by atoms with E-state index in [4.69, 9.17) is 4.74 Å². The summed E-state index contributed by atoms with van der Waals surface area (Å²) in [5, 5.41) is 5.13. The van der Waals surface area contributed by atoms with Crippen molar-refractivity contribution in [3.63, 3.8) is 0 Å². The lowest BCUT2D eigenvalue weighted by Crippen LogP contribution is -2.63. The van der Waals surface area contributed by atoms with Gasteiger partial charge in [-0.3, -0.25) is 10.2 Å². The highest BCUT2D eigenvalue weighted by Crippen LogP contribution is 2.48. The van der Waals surface area contributed by atoms with Crippen LogP contribution in [0.5, 0.6) is 5.75 Å². The molecule has 1 saturated carbocycles. The van der Waals surface area contributed by atoms with Gasteiger partial charge in [0.25, 0.3) is 0 Å². The number of nitrogens with zero attached hydrogens (tertiary/aromatic N) is 3. The fourth-order valence-corrected chi connectivity index (χ4v) is 8.26. The molecule has 7 nitrogen and oxygen atoms in total. The standard InChI is InChI=1S/C37H45N5O2S/c1-25-28-23-41-32-21-29(40(22-26-13-7-5-8-14-26)36(43)42(45-4)39-37(2,3)38-25)19-20-30(32)34(27-15-9-6-10-16-27)35(41)31-17-11-12-18-33(31)44-24-28/h5,7-8,11-14,17-21,25,27-28,38-39H,6,9-10,15-16,22-24H2,1-4H3/t25?,28-/m0/s1. The molecule has 2 atom stereocenters. The quantitative estimate of drug-likeness (QED) is 0.224. The molecule has 1 unspecified atom stereocenters. The van der Waals surface area contributed by atoms with Crippen LogP contribution in [0.15, 0.2) is 72.8 Å². The number of hydrazine groups is 1. The molecule has 3 aliphatic rings. The maximum Gasteiger partial charge on any atom is 0.349 e. The number of benzene rings is 3. The average molecular weight is 624 g/mol. The van der Waals surface area contributed by atoms with Crippen LogP contribution < -0.4 is 20.4 Å². The number of aromatic nitrogens is 1. The van der Waals surface area contributed by atoms with E-state index in [9.17, 15) is 4.79 Å². The smallest absolute Gasteiger partial charge is 0.349 e. The van der Waals surface area contributed by atoms with Crippen LogP contribution in [0.4, 0.5) is 10.5 Å². The molecule has 2 aliphatic heterocycles. The van der Waals surface area contributed by atoms with Gasteiger partial charge in [0.15, 0.2) is 0 Å². The minimum Gasteiger partial charge on any atom is -0.492 e. The van der Waals surface area contributed by atoms with Crippen LogP contribution in [0, 0.1) is 5.92 Å². The number of amides is 2. The predicted octanol–water partition coefficient (Wildman–Crippen LogP) is 8.30. The molecule has 1 aromatic heterocycles. The third kappa shape index (κ3) is 5.84. The van der Waals surface area contributed by atoms with Gasteiger partial charge in [-0.05, 0) is 86.9 Å². The summed E-state index contributed by atoms with van der Waals surface area (Å²) in [5.41, 5.74) is 10.0. The number of carbonyl (C=O) groups excluding carboxylic acids is 1. The van der Waals surface area contributed by atoms with Crippen LogP contribution in [-0.2, 0) is 13.1 Å². The Morgan fingerprint density at radius 3 is 2.51 bits per heavy atom. The lowest BCUT2D eigenvalue weighted by atomic mass is 9.81. The molecule has 236 valence electrons. The Bertz CT molecular complexity index is 1680. The number of anilines is 1. The molecule has 3 aromatic carbocycles. The third-order valence-corrected chi connectivity index (χ3v) is 10.5. The number of para-hydroxylation sites is 1. The molecular weight excluding hydrogens is 579 g/mol. The summed E-state index contributed by atoms with van der Waals surface area (Å²) in [6, 6.07) is 25.6. The molecule has 3 heterocycles. The first-order valence-corrected chi connectivity index (χ1v) is 17.6. The van der Waals surface area contributed by atoms with Crippen LogP contribution in [0.1, 0.15) is 69.9 Å². The molecule has 45 heavy (non-hydrogen) atoms. The highest BCUT2D eigenvalue weighted by molar-refractivity contribution is 7.96.